The molecule has 0 aliphatic carbocycles. The molecule has 88 valence electrons. The molecule has 6 heteroatoms. The number of sulfonamides is 1. The highest BCUT2D eigenvalue weighted by molar-refractivity contribution is 7.88. The molecule has 0 fully saturated rings. The topological polar surface area (TPSA) is 93.8 Å². The van der Waals surface area contributed by atoms with Crippen LogP contribution >= 0.6 is 0 Å². The van der Waals surface area contributed by atoms with Gasteiger partial charge in [-0.15, -0.1) is 0 Å². The second kappa shape index (κ2) is 6.00. The third-order valence-electron chi connectivity index (χ3n) is 2.00. The fourth-order valence-electron chi connectivity index (χ4n) is 1.21. The van der Waals surface area contributed by atoms with E-state index in [4.69, 9.17) is 10.5 Å². The maximum absolute atomic E-state index is 11.5. The van der Waals surface area contributed by atoms with Crippen LogP contribution in [0, 0.1) is 22.7 Å². The molecule has 0 aliphatic rings. The van der Waals surface area contributed by atoms with Crippen LogP contribution in [0.2, 0.25) is 0 Å². The molecule has 0 atom stereocenters. The van der Waals surface area contributed by atoms with Crippen molar-refractivity contribution in [1.82, 2.24) is 4.72 Å². The molecule has 0 unspecified atom stereocenters. The predicted octanol–water partition coefficient (Wildman–Crippen LogP) is 0.891. The van der Waals surface area contributed by atoms with Gasteiger partial charge in [0.15, 0.2) is 0 Å². The van der Waals surface area contributed by atoms with Gasteiger partial charge in [0.25, 0.3) is 0 Å². The lowest BCUT2D eigenvalue weighted by Gasteiger charge is -2.04. The lowest BCUT2D eigenvalue weighted by Crippen LogP contribution is -2.25. The second-order valence-electron chi connectivity index (χ2n) is 3.37. The summed E-state index contributed by atoms with van der Waals surface area (Å²) in [4.78, 5) is 0. The Morgan fingerprint density at radius 2 is 1.82 bits per heavy atom. The fraction of sp³-hybridized carbons (Fsp3) is 0.273. The Hall–Kier alpha value is -1.89. The van der Waals surface area contributed by atoms with Crippen LogP contribution in [-0.2, 0) is 15.8 Å². The zero-order valence-corrected chi connectivity index (χ0v) is 9.87. The molecule has 1 aromatic carbocycles. The summed E-state index contributed by atoms with van der Waals surface area (Å²) in [7, 11) is -3.41. The number of nitrogens with zero attached hydrogens (tertiary/aromatic N) is 2. The standard InChI is InChI=1S/C11H11N3O2S/c12-6-1-7-14-17(15,16)9-11-4-2-10(8-13)3-5-11/h2-5,14H,1,7,9H2. The first-order chi connectivity index (χ1) is 8.07. The van der Waals surface area contributed by atoms with E-state index in [9.17, 15) is 8.42 Å². The van der Waals surface area contributed by atoms with Crippen LogP contribution in [0.1, 0.15) is 17.5 Å². The molecule has 1 N–H and O–H groups in total. The van der Waals surface area contributed by atoms with Gasteiger partial charge in [-0.3, -0.25) is 0 Å². The van der Waals surface area contributed by atoms with Crippen LogP contribution in [0.25, 0.3) is 0 Å². The lowest BCUT2D eigenvalue weighted by atomic mass is 10.2. The van der Waals surface area contributed by atoms with Crippen LogP contribution in [0.15, 0.2) is 24.3 Å². The first kappa shape index (κ1) is 13.2. The molecule has 0 aliphatic heterocycles. The maximum atomic E-state index is 11.5. The predicted molar refractivity (Wildman–Crippen MR) is 62.0 cm³/mol. The van der Waals surface area contributed by atoms with Crippen molar-refractivity contribution < 1.29 is 8.42 Å². The highest BCUT2D eigenvalue weighted by atomic mass is 32.2. The molecule has 0 saturated carbocycles. The van der Waals surface area contributed by atoms with Crippen molar-refractivity contribution >= 4 is 10.0 Å². The Balaban J connectivity index is 2.64. The van der Waals surface area contributed by atoms with Crippen molar-refractivity contribution in [3.63, 3.8) is 0 Å². The summed E-state index contributed by atoms with van der Waals surface area (Å²) in [5.41, 5.74) is 1.09. The van der Waals surface area contributed by atoms with Crippen LogP contribution in [0.4, 0.5) is 0 Å². The van der Waals surface area contributed by atoms with E-state index in [-0.39, 0.29) is 18.7 Å². The van der Waals surface area contributed by atoms with Crippen molar-refractivity contribution in [3.8, 4) is 12.1 Å². The van der Waals surface area contributed by atoms with Crippen molar-refractivity contribution in [2.45, 2.75) is 12.2 Å². The average Bonchev–Trinajstić information content (AvgIpc) is 2.30. The zero-order valence-electron chi connectivity index (χ0n) is 9.05. The molecule has 0 aromatic heterocycles. The number of nitriles is 2. The Bertz CT molecular complexity index is 550. The first-order valence-corrected chi connectivity index (χ1v) is 6.56. The molecule has 0 saturated heterocycles. The van der Waals surface area contributed by atoms with E-state index in [0.717, 1.165) is 0 Å². The molecule has 1 aromatic rings. The Kier molecular flexibility index (Phi) is 4.65. The Morgan fingerprint density at radius 1 is 1.18 bits per heavy atom. The highest BCUT2D eigenvalue weighted by Gasteiger charge is 2.10. The van der Waals surface area contributed by atoms with Gasteiger partial charge in [-0.1, -0.05) is 12.1 Å². The molecule has 0 radical (unpaired) electrons. The molecule has 0 spiro atoms. The van der Waals surface area contributed by atoms with Crippen molar-refractivity contribution in [1.29, 1.82) is 10.5 Å². The summed E-state index contributed by atoms with van der Waals surface area (Å²) in [6.07, 6.45) is 0.145. The number of benzene rings is 1. The Morgan fingerprint density at radius 3 is 2.35 bits per heavy atom. The third-order valence-corrected chi connectivity index (χ3v) is 3.36. The maximum Gasteiger partial charge on any atom is 0.215 e. The zero-order chi connectivity index (χ0) is 12.7. The van der Waals surface area contributed by atoms with E-state index in [0.29, 0.717) is 11.1 Å². The molecule has 1 rings (SSSR count). The van der Waals surface area contributed by atoms with Crippen LogP contribution in [0.5, 0.6) is 0 Å². The van der Waals surface area contributed by atoms with Crippen molar-refractivity contribution in [2.24, 2.45) is 0 Å². The SMILES string of the molecule is N#CCCNS(=O)(=O)Cc1ccc(C#N)cc1. The van der Waals surface area contributed by atoms with Crippen molar-refractivity contribution in [2.75, 3.05) is 6.54 Å². The number of nitrogens with one attached hydrogen (secondary N) is 1. The number of hydrogen-bond acceptors (Lipinski definition) is 4. The summed E-state index contributed by atoms with van der Waals surface area (Å²) in [5, 5.41) is 16.9. The van der Waals surface area contributed by atoms with E-state index < -0.39 is 10.0 Å². The summed E-state index contributed by atoms with van der Waals surface area (Å²) < 4.78 is 25.4. The summed E-state index contributed by atoms with van der Waals surface area (Å²) in [6.45, 7) is 0.120. The van der Waals surface area contributed by atoms with E-state index in [1.165, 1.54) is 0 Å². The normalized spacial score (nSPS) is 10.5. The average molecular weight is 249 g/mol. The molecular formula is C11H11N3O2S. The van der Waals surface area contributed by atoms with E-state index >= 15 is 0 Å². The van der Waals surface area contributed by atoms with Gasteiger partial charge in [-0.2, -0.15) is 10.5 Å². The molecule has 0 bridgehead atoms. The van der Waals surface area contributed by atoms with E-state index in [2.05, 4.69) is 4.72 Å². The van der Waals surface area contributed by atoms with Crippen LogP contribution in [0.3, 0.4) is 0 Å². The third kappa shape index (κ3) is 4.64. The highest BCUT2D eigenvalue weighted by Crippen LogP contribution is 2.06. The van der Waals surface area contributed by atoms with Crippen molar-refractivity contribution in [3.05, 3.63) is 35.4 Å². The van der Waals surface area contributed by atoms with Gasteiger partial charge < -0.3 is 0 Å². The molecule has 17 heavy (non-hydrogen) atoms. The molecule has 0 heterocycles. The minimum atomic E-state index is -3.41. The van der Waals surface area contributed by atoms with Gasteiger partial charge >= 0.3 is 0 Å². The summed E-state index contributed by atoms with van der Waals surface area (Å²) in [5.74, 6) is -0.149. The summed E-state index contributed by atoms with van der Waals surface area (Å²) in [6, 6.07) is 10.2. The number of hydrogen-bond donors (Lipinski definition) is 1. The van der Waals surface area contributed by atoms with E-state index in [1.807, 2.05) is 12.1 Å². The lowest BCUT2D eigenvalue weighted by molar-refractivity contribution is 0.581. The quantitative estimate of drug-likeness (QED) is 0.784. The molecular weight excluding hydrogens is 238 g/mol. The van der Waals surface area contributed by atoms with Gasteiger partial charge in [0.05, 0.1) is 23.5 Å². The van der Waals surface area contributed by atoms with Gasteiger partial charge in [0, 0.05) is 13.0 Å². The van der Waals surface area contributed by atoms with Crippen LogP contribution < -0.4 is 4.72 Å². The minimum absolute atomic E-state index is 0.120. The second-order valence-corrected chi connectivity index (χ2v) is 5.18. The van der Waals surface area contributed by atoms with Gasteiger partial charge in [-0.05, 0) is 17.7 Å². The smallest absolute Gasteiger partial charge is 0.214 e. The largest absolute Gasteiger partial charge is 0.215 e. The minimum Gasteiger partial charge on any atom is -0.214 e. The van der Waals surface area contributed by atoms with Gasteiger partial charge in [0.2, 0.25) is 10.0 Å². The fourth-order valence-corrected chi connectivity index (χ4v) is 2.35. The summed E-state index contributed by atoms with van der Waals surface area (Å²) >= 11 is 0. The monoisotopic (exact) mass is 249 g/mol. The van der Waals surface area contributed by atoms with Gasteiger partial charge in [-0.25, -0.2) is 13.1 Å². The Labute approximate surface area is 100 Å². The van der Waals surface area contributed by atoms with Crippen LogP contribution in [-0.4, -0.2) is 15.0 Å². The molecule has 0 amide bonds. The van der Waals surface area contributed by atoms with Gasteiger partial charge in [0.1, 0.15) is 0 Å². The molecule has 5 nitrogen and oxygen atoms in total. The first-order valence-electron chi connectivity index (χ1n) is 4.91. The number of rotatable bonds is 5. The van der Waals surface area contributed by atoms with E-state index in [1.54, 1.807) is 24.3 Å².